The van der Waals surface area contributed by atoms with Crippen LogP contribution in [0.15, 0.2) is 291 Å². The van der Waals surface area contributed by atoms with E-state index in [9.17, 15) is 0 Å². The van der Waals surface area contributed by atoms with Crippen LogP contribution in [0, 0.1) is 0 Å². The van der Waals surface area contributed by atoms with Gasteiger partial charge in [0.1, 0.15) is 0 Å². The van der Waals surface area contributed by atoms with E-state index in [-0.39, 0.29) is 0 Å². The highest BCUT2D eigenvalue weighted by molar-refractivity contribution is 7.86. The van der Waals surface area contributed by atoms with Crippen LogP contribution in [0.25, 0.3) is 120 Å². The molecule has 0 unspecified atom stereocenters. The van der Waals surface area contributed by atoms with Gasteiger partial charge < -0.3 is 9.13 Å². The molecule has 374 valence electrons. The molecule has 0 saturated heterocycles. The summed E-state index contributed by atoms with van der Waals surface area (Å²) in [6.07, 6.45) is 0. The topological polar surface area (TPSA) is 34.1 Å². The van der Waals surface area contributed by atoms with Crippen molar-refractivity contribution in [2.75, 3.05) is 0 Å². The lowest BCUT2D eigenvalue weighted by Gasteiger charge is -2.29. The second-order valence-corrected chi connectivity index (χ2v) is 26.7. The van der Waals surface area contributed by atoms with Crippen molar-refractivity contribution >= 4 is 132 Å². The zero-order valence-electron chi connectivity index (χ0n) is 43.4. The van der Waals surface area contributed by atoms with Crippen LogP contribution in [-0.4, -0.2) is 0 Å². The molecule has 0 saturated carbocycles. The second-order valence-electron chi connectivity index (χ2n) is 21.2. The number of benzene rings is 16. The molecule has 0 amide bonds. The molecular weight excluding hydrogens is 1010 g/mol. The molecular formula is C76H48O2P2. The van der Waals surface area contributed by atoms with E-state index in [1.807, 2.05) is 121 Å². The maximum absolute atomic E-state index is 17.5. The Labute approximate surface area is 463 Å². The summed E-state index contributed by atoms with van der Waals surface area (Å²) in [6.45, 7) is 0. The molecule has 16 aromatic rings. The SMILES string of the molecule is O=P(c1ccccc1)(c1ccccc1)c1ccc2c(-c3ccc4ccc5cccc6ccc3c4c56)cccc2c1-c1c(P(=O)(c2ccccc2)c2ccccc2)ccc2c(-c3ccc4ccc5cccc6ccc3c4c56)cccc12. The van der Waals surface area contributed by atoms with Gasteiger partial charge in [0.05, 0.1) is 0 Å². The smallest absolute Gasteiger partial charge is 0.171 e. The lowest BCUT2D eigenvalue weighted by atomic mass is 9.85. The molecule has 2 nitrogen and oxygen atoms in total. The summed E-state index contributed by atoms with van der Waals surface area (Å²) < 4.78 is 35.1. The Hall–Kier alpha value is -9.42. The first kappa shape index (κ1) is 46.7. The Morgan fingerprint density at radius 1 is 0.188 bits per heavy atom. The van der Waals surface area contributed by atoms with E-state index in [4.69, 9.17) is 0 Å². The summed E-state index contributed by atoms with van der Waals surface area (Å²) in [6, 6.07) is 102. The molecule has 16 rings (SSSR count). The summed E-state index contributed by atoms with van der Waals surface area (Å²) in [5, 5.41) is 22.7. The average molecular weight is 1060 g/mol. The van der Waals surface area contributed by atoms with Crippen molar-refractivity contribution in [3.05, 3.63) is 291 Å². The van der Waals surface area contributed by atoms with Gasteiger partial charge in [-0.25, -0.2) is 0 Å². The summed E-state index contributed by atoms with van der Waals surface area (Å²) in [5.41, 5.74) is 5.96. The van der Waals surface area contributed by atoms with E-state index in [2.05, 4.69) is 170 Å². The zero-order valence-corrected chi connectivity index (χ0v) is 45.2. The first-order valence-electron chi connectivity index (χ1n) is 27.4. The van der Waals surface area contributed by atoms with E-state index in [0.29, 0.717) is 10.6 Å². The van der Waals surface area contributed by atoms with Crippen molar-refractivity contribution in [2.45, 2.75) is 0 Å². The van der Waals surface area contributed by atoms with Crippen LogP contribution in [0.5, 0.6) is 0 Å². The largest absolute Gasteiger partial charge is 0.309 e. The molecule has 4 heteroatoms. The Bertz CT molecular complexity index is 4780. The van der Waals surface area contributed by atoms with Gasteiger partial charge >= 0.3 is 0 Å². The van der Waals surface area contributed by atoms with E-state index in [1.54, 1.807) is 0 Å². The van der Waals surface area contributed by atoms with Gasteiger partial charge in [-0.3, -0.25) is 0 Å². The van der Waals surface area contributed by atoms with E-state index < -0.39 is 14.3 Å². The number of rotatable bonds is 9. The molecule has 0 aliphatic heterocycles. The highest BCUT2D eigenvalue weighted by atomic mass is 31.2. The van der Waals surface area contributed by atoms with Crippen LogP contribution in [0.3, 0.4) is 0 Å². The molecule has 80 heavy (non-hydrogen) atoms. The fourth-order valence-electron chi connectivity index (χ4n) is 13.6. The van der Waals surface area contributed by atoms with Gasteiger partial charge in [0.2, 0.25) is 0 Å². The molecule has 0 aliphatic carbocycles. The molecule has 0 spiro atoms. The van der Waals surface area contributed by atoms with Gasteiger partial charge in [-0.2, -0.15) is 0 Å². The van der Waals surface area contributed by atoms with Gasteiger partial charge in [0.25, 0.3) is 0 Å². The summed E-state index contributed by atoms with van der Waals surface area (Å²) in [4.78, 5) is 0. The third-order valence-corrected chi connectivity index (χ3v) is 23.3. The maximum Gasteiger partial charge on any atom is 0.171 e. The Morgan fingerprint density at radius 2 is 0.463 bits per heavy atom. The summed E-state index contributed by atoms with van der Waals surface area (Å²) in [7, 11) is -7.54. The quantitative estimate of drug-likeness (QED) is 0.107. The highest BCUT2D eigenvalue weighted by Gasteiger charge is 2.39. The van der Waals surface area contributed by atoms with Crippen LogP contribution >= 0.6 is 14.3 Å². The predicted molar refractivity (Wildman–Crippen MR) is 344 cm³/mol. The maximum atomic E-state index is 17.5. The lowest BCUT2D eigenvalue weighted by molar-refractivity contribution is 0.591. The van der Waals surface area contributed by atoms with Crippen molar-refractivity contribution in [3.8, 4) is 33.4 Å². The minimum atomic E-state index is -3.77. The lowest BCUT2D eigenvalue weighted by Crippen LogP contribution is -2.30. The van der Waals surface area contributed by atoms with E-state index in [1.165, 1.54) is 64.6 Å². The van der Waals surface area contributed by atoms with Crippen LogP contribution in [0.2, 0.25) is 0 Å². The standard InChI is InChI=1S/C76H48O2P2/c77-79(55-21-5-1-6-22-55,56-23-7-2-8-24-56)69-47-45-63-59(61-41-37-53-35-33-49-17-13-19-51-39-43-67(61)73(53)71(49)51)29-15-31-65(63)75(69)76-66-32-16-30-60(62-42-38-54-36-34-50-18-14-20-52-40-44-68(62)74(54)72(50)52)64(66)46-48-70(76)80(78,57-25-9-3-10-26-57)58-27-11-4-12-28-58/h1-48H. The molecule has 0 atom stereocenters. The fourth-order valence-corrected chi connectivity index (χ4v) is 19.3. The van der Waals surface area contributed by atoms with Gasteiger partial charge in [-0.05, 0) is 121 Å². The average Bonchev–Trinajstić information content (AvgIpc) is 3.70. The third kappa shape index (κ3) is 6.80. The van der Waals surface area contributed by atoms with Crippen molar-refractivity contribution < 1.29 is 9.13 Å². The van der Waals surface area contributed by atoms with E-state index >= 15 is 9.13 Å². The van der Waals surface area contributed by atoms with Crippen molar-refractivity contribution in [3.63, 3.8) is 0 Å². The van der Waals surface area contributed by atoms with Gasteiger partial charge in [0.15, 0.2) is 14.3 Å². The van der Waals surface area contributed by atoms with Crippen LogP contribution in [0.4, 0.5) is 0 Å². The molecule has 0 fully saturated rings. The summed E-state index contributed by atoms with van der Waals surface area (Å²) >= 11 is 0. The molecule has 0 aliphatic rings. The predicted octanol–water partition coefficient (Wildman–Crippen LogP) is 18.1. The molecule has 0 bridgehead atoms. The zero-order chi connectivity index (χ0) is 53.1. The van der Waals surface area contributed by atoms with Gasteiger partial charge in [-0.15, -0.1) is 0 Å². The molecule has 0 heterocycles. The number of hydrogen-bond donors (Lipinski definition) is 0. The summed E-state index contributed by atoms with van der Waals surface area (Å²) in [5.74, 6) is 0. The van der Waals surface area contributed by atoms with Gasteiger partial charge in [-0.1, -0.05) is 279 Å². The highest BCUT2D eigenvalue weighted by Crippen LogP contribution is 2.54. The Morgan fingerprint density at radius 3 is 0.812 bits per heavy atom. The van der Waals surface area contributed by atoms with Crippen LogP contribution in [0.1, 0.15) is 0 Å². The normalized spacial score (nSPS) is 12.3. The molecule has 0 aromatic heterocycles. The van der Waals surface area contributed by atoms with Crippen molar-refractivity contribution in [2.24, 2.45) is 0 Å². The Balaban J connectivity index is 1.09. The Kier molecular flexibility index (Phi) is 10.5. The van der Waals surface area contributed by atoms with Crippen molar-refractivity contribution in [1.82, 2.24) is 0 Å². The van der Waals surface area contributed by atoms with Crippen LogP contribution in [-0.2, 0) is 9.13 Å². The molecule has 16 aromatic carbocycles. The number of hydrogen-bond acceptors (Lipinski definition) is 2. The minimum absolute atomic E-state index is 0.685. The second kappa shape index (κ2) is 18.1. The first-order chi connectivity index (χ1) is 39.5. The molecule has 0 radical (unpaired) electrons. The fraction of sp³-hybridized carbons (Fsp3) is 0. The third-order valence-electron chi connectivity index (χ3n) is 17.1. The number of fused-ring (bicyclic) bond motifs is 2. The van der Waals surface area contributed by atoms with Crippen molar-refractivity contribution in [1.29, 1.82) is 0 Å². The van der Waals surface area contributed by atoms with E-state index in [0.717, 1.165) is 76.1 Å². The monoisotopic (exact) mass is 1050 g/mol. The minimum Gasteiger partial charge on any atom is -0.309 e. The molecule has 0 N–H and O–H groups in total. The van der Waals surface area contributed by atoms with Gasteiger partial charge in [0, 0.05) is 43.0 Å². The van der Waals surface area contributed by atoms with Crippen LogP contribution < -0.4 is 31.8 Å². The first-order valence-corrected chi connectivity index (χ1v) is 30.8.